The van der Waals surface area contributed by atoms with Crippen LogP contribution in [0.25, 0.3) is 0 Å². The van der Waals surface area contributed by atoms with E-state index in [2.05, 4.69) is 5.32 Å². The third-order valence-electron chi connectivity index (χ3n) is 3.90. The number of nitrogens with zero attached hydrogens (tertiary/aromatic N) is 1. The Morgan fingerprint density at radius 1 is 1.30 bits per heavy atom. The second-order valence-electron chi connectivity index (χ2n) is 5.28. The zero-order valence-electron chi connectivity index (χ0n) is 13.1. The lowest BCUT2D eigenvalue weighted by molar-refractivity contribution is -0.122. The van der Waals surface area contributed by atoms with Gasteiger partial charge in [0.25, 0.3) is 0 Å². The zero-order chi connectivity index (χ0) is 17.0. The number of amides is 1. The van der Waals surface area contributed by atoms with E-state index in [1.165, 1.54) is 0 Å². The van der Waals surface area contributed by atoms with Crippen LogP contribution in [0.1, 0.15) is 12.8 Å². The van der Waals surface area contributed by atoms with Crippen LogP contribution in [-0.4, -0.2) is 43.2 Å². The van der Waals surface area contributed by atoms with Gasteiger partial charge in [-0.05, 0) is 25.1 Å². The number of ether oxygens (including phenoxy) is 2. The van der Waals surface area contributed by atoms with E-state index in [9.17, 15) is 4.79 Å². The molecule has 2 rings (SSSR count). The molecule has 0 radical (unpaired) electrons. The number of carbonyl (C=O) groups excluding carboxylic acids is 1. The standard InChI is InChI=1S/C15H20ClN3O3S/c1-21-12-8-11(13(22-2)7-10(12)16)18-15(23)19-5-3-9(4-6-19)14(17)20/h7-9H,3-6H2,1-2H3,(H2,17,20)(H,18,23). The van der Waals surface area contributed by atoms with E-state index in [1.54, 1.807) is 26.4 Å². The van der Waals surface area contributed by atoms with Crippen molar-refractivity contribution < 1.29 is 14.3 Å². The first-order valence-electron chi connectivity index (χ1n) is 7.23. The topological polar surface area (TPSA) is 76.8 Å². The van der Waals surface area contributed by atoms with Crippen molar-refractivity contribution in [3.63, 3.8) is 0 Å². The molecule has 0 spiro atoms. The van der Waals surface area contributed by atoms with Crippen LogP contribution in [0.5, 0.6) is 11.5 Å². The number of halogens is 1. The Labute approximate surface area is 145 Å². The summed E-state index contributed by atoms with van der Waals surface area (Å²) in [5.74, 6) is 0.794. The molecule has 23 heavy (non-hydrogen) atoms. The van der Waals surface area contributed by atoms with Gasteiger partial charge >= 0.3 is 0 Å². The van der Waals surface area contributed by atoms with Crippen molar-refractivity contribution in [3.8, 4) is 11.5 Å². The first-order chi connectivity index (χ1) is 11.0. The highest BCUT2D eigenvalue weighted by molar-refractivity contribution is 7.80. The molecule has 1 heterocycles. The molecular weight excluding hydrogens is 338 g/mol. The average molecular weight is 358 g/mol. The number of anilines is 1. The molecule has 1 aliphatic rings. The molecule has 1 saturated heterocycles. The van der Waals surface area contributed by atoms with Gasteiger partial charge in [0.1, 0.15) is 11.5 Å². The summed E-state index contributed by atoms with van der Waals surface area (Å²) in [5, 5.41) is 4.18. The van der Waals surface area contributed by atoms with Gasteiger partial charge in [-0.2, -0.15) is 0 Å². The summed E-state index contributed by atoms with van der Waals surface area (Å²) in [7, 11) is 3.11. The molecule has 3 N–H and O–H groups in total. The van der Waals surface area contributed by atoms with Crippen molar-refractivity contribution in [1.82, 2.24) is 4.90 Å². The van der Waals surface area contributed by atoms with E-state index in [4.69, 9.17) is 39.0 Å². The maximum atomic E-state index is 11.2. The SMILES string of the molecule is COc1cc(NC(=S)N2CCC(C(N)=O)CC2)c(OC)cc1Cl. The lowest BCUT2D eigenvalue weighted by atomic mass is 9.97. The fourth-order valence-electron chi connectivity index (χ4n) is 2.52. The third-order valence-corrected chi connectivity index (χ3v) is 4.56. The summed E-state index contributed by atoms with van der Waals surface area (Å²) in [6.07, 6.45) is 1.41. The lowest BCUT2D eigenvalue weighted by Crippen LogP contribution is -2.43. The quantitative estimate of drug-likeness (QED) is 0.805. The Morgan fingerprint density at radius 3 is 2.43 bits per heavy atom. The zero-order valence-corrected chi connectivity index (χ0v) is 14.7. The average Bonchev–Trinajstić information content (AvgIpc) is 2.55. The number of hydrogen-bond donors (Lipinski definition) is 2. The molecular formula is C15H20ClN3O3S. The van der Waals surface area contributed by atoms with Gasteiger partial charge in [0, 0.05) is 31.1 Å². The fourth-order valence-corrected chi connectivity index (χ4v) is 3.04. The van der Waals surface area contributed by atoms with Gasteiger partial charge in [0.05, 0.1) is 24.9 Å². The number of methoxy groups -OCH3 is 2. The van der Waals surface area contributed by atoms with Gasteiger partial charge in [-0.15, -0.1) is 0 Å². The number of carbonyl (C=O) groups is 1. The fraction of sp³-hybridized carbons (Fsp3) is 0.467. The van der Waals surface area contributed by atoms with Crippen LogP contribution in [0.3, 0.4) is 0 Å². The minimum absolute atomic E-state index is 0.0702. The van der Waals surface area contributed by atoms with Crippen LogP contribution < -0.4 is 20.5 Å². The number of thiocarbonyl (C=S) groups is 1. The number of nitrogens with two attached hydrogens (primary N) is 1. The molecule has 0 bridgehead atoms. The summed E-state index contributed by atoms with van der Waals surface area (Å²) >= 11 is 11.5. The van der Waals surface area contributed by atoms with Crippen LogP contribution in [-0.2, 0) is 4.79 Å². The van der Waals surface area contributed by atoms with Crippen molar-refractivity contribution in [2.45, 2.75) is 12.8 Å². The highest BCUT2D eigenvalue weighted by Crippen LogP contribution is 2.36. The molecule has 0 unspecified atom stereocenters. The van der Waals surface area contributed by atoms with E-state index < -0.39 is 0 Å². The van der Waals surface area contributed by atoms with Gasteiger partial charge < -0.3 is 25.4 Å². The monoisotopic (exact) mass is 357 g/mol. The van der Waals surface area contributed by atoms with Gasteiger partial charge in [-0.3, -0.25) is 4.79 Å². The lowest BCUT2D eigenvalue weighted by Gasteiger charge is -2.32. The van der Waals surface area contributed by atoms with Crippen molar-refractivity contribution in [2.75, 3.05) is 32.6 Å². The highest BCUT2D eigenvalue weighted by atomic mass is 35.5. The molecule has 1 aromatic carbocycles. The Bertz CT molecular complexity index is 604. The molecule has 0 saturated carbocycles. The van der Waals surface area contributed by atoms with E-state index in [0.29, 0.717) is 53.3 Å². The summed E-state index contributed by atoms with van der Waals surface area (Å²) in [4.78, 5) is 13.2. The smallest absolute Gasteiger partial charge is 0.220 e. The van der Waals surface area contributed by atoms with E-state index >= 15 is 0 Å². The number of benzene rings is 1. The molecule has 6 nitrogen and oxygen atoms in total. The first-order valence-corrected chi connectivity index (χ1v) is 8.01. The molecule has 126 valence electrons. The predicted octanol–water partition coefficient (Wildman–Crippen LogP) is 2.25. The van der Waals surface area contributed by atoms with Crippen molar-refractivity contribution >= 4 is 40.5 Å². The Hall–Kier alpha value is -1.73. The minimum atomic E-state index is -0.243. The Kier molecular flexibility index (Phi) is 5.90. The molecule has 1 fully saturated rings. The molecule has 0 aromatic heterocycles. The maximum absolute atomic E-state index is 11.2. The number of hydrogen-bond acceptors (Lipinski definition) is 4. The molecule has 1 aromatic rings. The number of piperidine rings is 1. The number of nitrogens with one attached hydrogen (secondary N) is 1. The Balaban J connectivity index is 2.07. The summed E-state index contributed by atoms with van der Waals surface area (Å²) in [6.45, 7) is 1.37. The van der Waals surface area contributed by atoms with Crippen LogP contribution >= 0.6 is 23.8 Å². The molecule has 0 atom stereocenters. The summed E-state index contributed by atoms with van der Waals surface area (Å²) in [6, 6.07) is 3.41. The van der Waals surface area contributed by atoms with Crippen molar-refractivity contribution in [1.29, 1.82) is 0 Å². The van der Waals surface area contributed by atoms with Gasteiger partial charge in [-0.25, -0.2) is 0 Å². The van der Waals surface area contributed by atoms with E-state index in [1.807, 2.05) is 4.90 Å². The second-order valence-corrected chi connectivity index (χ2v) is 6.07. The number of rotatable bonds is 4. The largest absolute Gasteiger partial charge is 0.495 e. The van der Waals surface area contributed by atoms with Crippen LogP contribution in [0.4, 0.5) is 5.69 Å². The van der Waals surface area contributed by atoms with Crippen LogP contribution in [0, 0.1) is 5.92 Å². The second kappa shape index (κ2) is 7.70. The van der Waals surface area contributed by atoms with Crippen molar-refractivity contribution in [2.24, 2.45) is 11.7 Å². The molecule has 0 aliphatic carbocycles. The minimum Gasteiger partial charge on any atom is -0.495 e. The number of primary amides is 1. The normalized spacial score (nSPS) is 15.2. The Morgan fingerprint density at radius 2 is 1.91 bits per heavy atom. The summed E-state index contributed by atoms with van der Waals surface area (Å²) in [5.41, 5.74) is 6.02. The van der Waals surface area contributed by atoms with Gasteiger partial charge in [0.15, 0.2) is 5.11 Å². The van der Waals surface area contributed by atoms with Gasteiger partial charge in [-0.1, -0.05) is 11.6 Å². The van der Waals surface area contributed by atoms with E-state index in [-0.39, 0.29) is 11.8 Å². The van der Waals surface area contributed by atoms with Crippen molar-refractivity contribution in [3.05, 3.63) is 17.2 Å². The van der Waals surface area contributed by atoms with Crippen LogP contribution in [0.2, 0.25) is 5.02 Å². The molecule has 1 aliphatic heterocycles. The van der Waals surface area contributed by atoms with Crippen LogP contribution in [0.15, 0.2) is 12.1 Å². The number of likely N-dealkylation sites (tertiary alicyclic amines) is 1. The maximum Gasteiger partial charge on any atom is 0.220 e. The summed E-state index contributed by atoms with van der Waals surface area (Å²) < 4.78 is 10.5. The molecule has 1 amide bonds. The first kappa shape index (κ1) is 17.6. The van der Waals surface area contributed by atoms with Gasteiger partial charge in [0.2, 0.25) is 5.91 Å². The highest BCUT2D eigenvalue weighted by Gasteiger charge is 2.24. The molecule has 8 heteroatoms. The van der Waals surface area contributed by atoms with E-state index in [0.717, 1.165) is 0 Å². The predicted molar refractivity (Wildman–Crippen MR) is 94.3 cm³/mol. The third kappa shape index (κ3) is 4.17.